The van der Waals surface area contributed by atoms with Crippen molar-refractivity contribution < 1.29 is 29.7 Å². The highest BCUT2D eigenvalue weighted by Crippen LogP contribution is 2.19. The van der Waals surface area contributed by atoms with E-state index in [9.17, 15) is 14.4 Å². The van der Waals surface area contributed by atoms with Crippen molar-refractivity contribution in [2.45, 2.75) is 20.3 Å². The van der Waals surface area contributed by atoms with E-state index in [1.807, 2.05) is 0 Å². The van der Waals surface area contributed by atoms with E-state index >= 15 is 0 Å². The van der Waals surface area contributed by atoms with E-state index in [1.165, 1.54) is 6.92 Å². The molecule has 0 aliphatic rings. The van der Waals surface area contributed by atoms with Crippen molar-refractivity contribution in [1.82, 2.24) is 0 Å². The third-order valence-electron chi connectivity index (χ3n) is 1.97. The molecular weight excluding hydrogens is 204 g/mol. The molecule has 0 rings (SSSR count). The molecule has 0 aromatic rings. The smallest absolute Gasteiger partial charge is 0.332 e. The highest BCUT2D eigenvalue weighted by atomic mass is 16.4. The number of carboxylic acid groups (broad SMARTS) is 3. The van der Waals surface area contributed by atoms with Crippen LogP contribution < -0.4 is 0 Å². The molecule has 0 spiro atoms. The number of aliphatic carboxylic acids is 3. The van der Waals surface area contributed by atoms with Crippen LogP contribution >= 0.6 is 0 Å². The SMILES string of the molecule is CCC(C(=O)O)=C(C(=O)O)C(C)C(=O)O. The zero-order valence-corrected chi connectivity index (χ0v) is 8.35. The van der Waals surface area contributed by atoms with Crippen LogP contribution in [0.3, 0.4) is 0 Å². The van der Waals surface area contributed by atoms with Crippen molar-refractivity contribution in [2.75, 3.05) is 0 Å². The summed E-state index contributed by atoms with van der Waals surface area (Å²) < 4.78 is 0. The van der Waals surface area contributed by atoms with E-state index in [0.29, 0.717) is 0 Å². The molecule has 0 fully saturated rings. The molecule has 6 heteroatoms. The van der Waals surface area contributed by atoms with Crippen LogP contribution in [0.2, 0.25) is 0 Å². The molecule has 0 heterocycles. The standard InChI is InChI=1S/C9H12O6/c1-3-5(8(12)13)6(9(14)15)4(2)7(10)11/h4H,3H2,1-2H3,(H,10,11)(H,12,13)(H,14,15). The largest absolute Gasteiger partial charge is 0.481 e. The summed E-state index contributed by atoms with van der Waals surface area (Å²) in [4.78, 5) is 32.1. The molecule has 1 atom stereocenters. The quantitative estimate of drug-likeness (QED) is 0.579. The molecule has 0 aromatic heterocycles. The third-order valence-corrected chi connectivity index (χ3v) is 1.97. The first kappa shape index (κ1) is 13.2. The molecule has 0 radical (unpaired) electrons. The van der Waals surface area contributed by atoms with Crippen LogP contribution in [0.15, 0.2) is 11.1 Å². The van der Waals surface area contributed by atoms with E-state index in [1.54, 1.807) is 0 Å². The van der Waals surface area contributed by atoms with Crippen molar-refractivity contribution in [2.24, 2.45) is 5.92 Å². The van der Waals surface area contributed by atoms with E-state index in [2.05, 4.69) is 0 Å². The molecule has 6 nitrogen and oxygen atoms in total. The van der Waals surface area contributed by atoms with Gasteiger partial charge in [-0.15, -0.1) is 0 Å². The van der Waals surface area contributed by atoms with Gasteiger partial charge in [-0.3, -0.25) is 4.79 Å². The molecule has 0 aliphatic heterocycles. The second kappa shape index (κ2) is 5.14. The minimum atomic E-state index is -1.51. The average Bonchev–Trinajstić information content (AvgIpc) is 2.11. The van der Waals surface area contributed by atoms with Crippen molar-refractivity contribution in [1.29, 1.82) is 0 Å². The zero-order valence-electron chi connectivity index (χ0n) is 8.35. The van der Waals surface area contributed by atoms with Crippen LogP contribution in [-0.2, 0) is 14.4 Å². The van der Waals surface area contributed by atoms with Crippen LogP contribution in [-0.4, -0.2) is 33.2 Å². The van der Waals surface area contributed by atoms with Crippen molar-refractivity contribution in [3.05, 3.63) is 11.1 Å². The monoisotopic (exact) mass is 216 g/mol. The first-order valence-corrected chi connectivity index (χ1v) is 4.25. The minimum Gasteiger partial charge on any atom is -0.481 e. The lowest BCUT2D eigenvalue weighted by Crippen LogP contribution is -2.22. The Labute approximate surface area is 85.8 Å². The molecular formula is C9H12O6. The Balaban J connectivity index is 5.54. The Bertz CT molecular complexity index is 327. The molecule has 0 amide bonds. The van der Waals surface area contributed by atoms with E-state index in [4.69, 9.17) is 15.3 Å². The molecule has 15 heavy (non-hydrogen) atoms. The lowest BCUT2D eigenvalue weighted by Gasteiger charge is -2.10. The van der Waals surface area contributed by atoms with E-state index in [-0.39, 0.29) is 12.0 Å². The average molecular weight is 216 g/mol. The highest BCUT2D eigenvalue weighted by Gasteiger charge is 2.28. The van der Waals surface area contributed by atoms with Crippen LogP contribution in [0.25, 0.3) is 0 Å². The Hall–Kier alpha value is -1.85. The zero-order chi connectivity index (χ0) is 12.2. The summed E-state index contributed by atoms with van der Waals surface area (Å²) in [6.45, 7) is 2.60. The number of rotatable bonds is 5. The fraction of sp³-hybridized carbons (Fsp3) is 0.444. The van der Waals surface area contributed by atoms with Gasteiger partial charge in [0.15, 0.2) is 0 Å². The van der Waals surface area contributed by atoms with Gasteiger partial charge in [-0.1, -0.05) is 6.92 Å². The van der Waals surface area contributed by atoms with Gasteiger partial charge in [0.2, 0.25) is 0 Å². The summed E-state index contributed by atoms with van der Waals surface area (Å²) in [5.74, 6) is -5.61. The van der Waals surface area contributed by atoms with Gasteiger partial charge in [-0.2, -0.15) is 0 Å². The Morgan fingerprint density at radius 3 is 1.73 bits per heavy atom. The molecule has 0 saturated carbocycles. The maximum Gasteiger partial charge on any atom is 0.332 e. The van der Waals surface area contributed by atoms with Gasteiger partial charge in [0.1, 0.15) is 0 Å². The molecule has 3 N–H and O–H groups in total. The van der Waals surface area contributed by atoms with Gasteiger partial charge in [-0.05, 0) is 13.3 Å². The summed E-state index contributed by atoms with van der Waals surface area (Å²) in [5, 5.41) is 26.1. The Morgan fingerprint density at radius 2 is 1.53 bits per heavy atom. The Morgan fingerprint density at radius 1 is 1.07 bits per heavy atom. The minimum absolute atomic E-state index is 0.0331. The summed E-state index contributed by atoms with van der Waals surface area (Å²) in [6, 6.07) is 0. The van der Waals surface area contributed by atoms with Gasteiger partial charge in [0.05, 0.1) is 11.5 Å². The maximum atomic E-state index is 10.8. The van der Waals surface area contributed by atoms with Gasteiger partial charge >= 0.3 is 17.9 Å². The van der Waals surface area contributed by atoms with Gasteiger partial charge < -0.3 is 15.3 Å². The lowest BCUT2D eigenvalue weighted by atomic mass is 9.94. The summed E-state index contributed by atoms with van der Waals surface area (Å²) >= 11 is 0. The maximum absolute atomic E-state index is 10.8. The first-order valence-electron chi connectivity index (χ1n) is 4.25. The molecule has 0 aromatic carbocycles. The number of carboxylic acids is 3. The van der Waals surface area contributed by atoms with E-state index in [0.717, 1.165) is 6.92 Å². The number of hydrogen-bond acceptors (Lipinski definition) is 3. The predicted molar refractivity (Wildman–Crippen MR) is 49.4 cm³/mol. The topological polar surface area (TPSA) is 112 Å². The second-order valence-corrected chi connectivity index (χ2v) is 2.92. The van der Waals surface area contributed by atoms with Crippen molar-refractivity contribution >= 4 is 17.9 Å². The summed E-state index contributed by atoms with van der Waals surface area (Å²) in [7, 11) is 0. The van der Waals surface area contributed by atoms with E-state index < -0.39 is 29.4 Å². The lowest BCUT2D eigenvalue weighted by molar-refractivity contribution is -0.143. The molecule has 0 saturated heterocycles. The summed E-state index contributed by atoms with van der Waals surface area (Å²) in [5.41, 5.74) is -0.949. The van der Waals surface area contributed by atoms with Crippen molar-refractivity contribution in [3.63, 3.8) is 0 Å². The Kier molecular flexibility index (Phi) is 4.50. The van der Waals surface area contributed by atoms with Crippen molar-refractivity contribution in [3.8, 4) is 0 Å². The van der Waals surface area contributed by atoms with Crippen LogP contribution in [0.5, 0.6) is 0 Å². The van der Waals surface area contributed by atoms with Crippen LogP contribution in [0.1, 0.15) is 20.3 Å². The fourth-order valence-electron chi connectivity index (χ4n) is 1.16. The van der Waals surface area contributed by atoms with Gasteiger partial charge in [0.25, 0.3) is 0 Å². The number of hydrogen-bond donors (Lipinski definition) is 3. The third kappa shape index (κ3) is 3.08. The molecule has 1 unspecified atom stereocenters. The van der Waals surface area contributed by atoms with Crippen LogP contribution in [0.4, 0.5) is 0 Å². The normalized spacial score (nSPS) is 14.0. The summed E-state index contributed by atoms with van der Waals surface area (Å²) in [6.07, 6.45) is -0.0331. The first-order chi connectivity index (χ1) is 6.82. The fourth-order valence-corrected chi connectivity index (χ4v) is 1.16. The van der Waals surface area contributed by atoms with Gasteiger partial charge in [0, 0.05) is 5.57 Å². The molecule has 84 valence electrons. The van der Waals surface area contributed by atoms with Gasteiger partial charge in [-0.25, -0.2) is 9.59 Å². The molecule has 0 bridgehead atoms. The number of carbonyl (C=O) groups is 3. The second-order valence-electron chi connectivity index (χ2n) is 2.92. The highest BCUT2D eigenvalue weighted by molar-refractivity contribution is 6.02. The molecule has 0 aliphatic carbocycles. The van der Waals surface area contributed by atoms with Crippen LogP contribution in [0, 0.1) is 5.92 Å². The predicted octanol–water partition coefficient (Wildman–Crippen LogP) is 0.583.